The molecule has 0 bridgehead atoms. The third kappa shape index (κ3) is 3.50. The molecule has 0 amide bonds. The number of nitrogens with zero attached hydrogens (tertiary/aromatic N) is 4. The molecule has 0 aliphatic rings. The number of thioether (sulfide) groups is 1. The van der Waals surface area contributed by atoms with E-state index in [1.54, 1.807) is 18.6 Å². The normalized spacial score (nSPS) is 10.8. The highest BCUT2D eigenvalue weighted by Crippen LogP contribution is 2.32. The molecule has 0 radical (unpaired) electrons. The second-order valence-electron chi connectivity index (χ2n) is 3.95. The molecule has 0 fully saturated rings. The summed E-state index contributed by atoms with van der Waals surface area (Å²) in [7, 11) is 0. The Bertz CT molecular complexity index is 731. The van der Waals surface area contributed by atoms with Gasteiger partial charge in [0.2, 0.25) is 0 Å². The van der Waals surface area contributed by atoms with Crippen LogP contribution in [-0.4, -0.2) is 20.2 Å². The molecule has 0 aliphatic heterocycles. The van der Waals surface area contributed by atoms with Crippen LogP contribution in [0, 0.1) is 0 Å². The molecule has 21 heavy (non-hydrogen) atoms. The van der Waals surface area contributed by atoms with Gasteiger partial charge >= 0.3 is 0 Å². The number of hydrogen-bond acceptors (Lipinski definition) is 6. The number of rotatable bonds is 4. The van der Waals surface area contributed by atoms with Crippen molar-refractivity contribution in [3.63, 3.8) is 0 Å². The summed E-state index contributed by atoms with van der Waals surface area (Å²) in [5.74, 6) is 1.08. The van der Waals surface area contributed by atoms with Crippen LogP contribution >= 0.6 is 43.6 Å². The zero-order chi connectivity index (χ0) is 14.7. The van der Waals surface area contributed by atoms with Crippen LogP contribution in [0.2, 0.25) is 0 Å². The van der Waals surface area contributed by atoms with E-state index in [2.05, 4.69) is 52.0 Å². The summed E-state index contributed by atoms with van der Waals surface area (Å²) in [4.78, 5) is 8.10. The standard InChI is InChI=1S/C13H8Br2N4OS/c14-9-2-1-3-10(15)8(9)7-21-13-19-18-12(20-13)11-6-16-4-5-17-11/h1-6H,7H2. The van der Waals surface area contributed by atoms with E-state index in [1.165, 1.54) is 11.8 Å². The minimum atomic E-state index is 0.372. The summed E-state index contributed by atoms with van der Waals surface area (Å²) in [6.07, 6.45) is 4.77. The Morgan fingerprint density at radius 3 is 2.62 bits per heavy atom. The fraction of sp³-hybridized carbons (Fsp3) is 0.0769. The van der Waals surface area contributed by atoms with Crippen molar-refractivity contribution in [3.8, 4) is 11.6 Å². The van der Waals surface area contributed by atoms with Crippen molar-refractivity contribution in [1.82, 2.24) is 20.2 Å². The van der Waals surface area contributed by atoms with Gasteiger partial charge in [-0.25, -0.2) is 4.98 Å². The van der Waals surface area contributed by atoms with Crippen LogP contribution in [0.4, 0.5) is 0 Å². The first-order valence-corrected chi connectivity index (χ1v) is 8.47. The zero-order valence-electron chi connectivity index (χ0n) is 10.5. The number of hydrogen-bond donors (Lipinski definition) is 0. The van der Waals surface area contributed by atoms with E-state index >= 15 is 0 Å². The van der Waals surface area contributed by atoms with Crippen molar-refractivity contribution in [2.24, 2.45) is 0 Å². The molecule has 0 unspecified atom stereocenters. The maximum absolute atomic E-state index is 5.58. The molecule has 0 spiro atoms. The van der Waals surface area contributed by atoms with Crippen molar-refractivity contribution < 1.29 is 4.42 Å². The summed E-state index contributed by atoms with van der Waals surface area (Å²) in [6.45, 7) is 0. The van der Waals surface area contributed by atoms with Gasteiger partial charge in [-0.15, -0.1) is 10.2 Å². The quantitative estimate of drug-likeness (QED) is 0.577. The van der Waals surface area contributed by atoms with Crippen LogP contribution < -0.4 is 0 Å². The minimum absolute atomic E-state index is 0.372. The van der Waals surface area contributed by atoms with Crippen LogP contribution in [0.15, 0.2) is 55.4 Å². The van der Waals surface area contributed by atoms with E-state index in [4.69, 9.17) is 4.42 Å². The Labute approximate surface area is 141 Å². The lowest BCUT2D eigenvalue weighted by Gasteiger charge is -2.04. The largest absolute Gasteiger partial charge is 0.410 e. The molecule has 2 heterocycles. The highest BCUT2D eigenvalue weighted by atomic mass is 79.9. The molecule has 1 aromatic carbocycles. The fourth-order valence-corrected chi connectivity index (χ4v) is 4.05. The second-order valence-corrected chi connectivity index (χ2v) is 6.59. The van der Waals surface area contributed by atoms with E-state index in [0.29, 0.717) is 22.6 Å². The number of benzene rings is 1. The summed E-state index contributed by atoms with van der Waals surface area (Å²) >= 11 is 8.54. The first kappa shape index (κ1) is 14.7. The van der Waals surface area contributed by atoms with Gasteiger partial charge in [0.1, 0.15) is 5.69 Å². The Hall–Kier alpha value is -1.25. The van der Waals surface area contributed by atoms with Gasteiger partial charge in [-0.1, -0.05) is 49.7 Å². The van der Waals surface area contributed by atoms with Crippen LogP contribution in [0.3, 0.4) is 0 Å². The van der Waals surface area contributed by atoms with Gasteiger partial charge in [-0.2, -0.15) is 0 Å². The average Bonchev–Trinajstić information content (AvgIpc) is 2.97. The van der Waals surface area contributed by atoms with Crippen molar-refractivity contribution >= 4 is 43.6 Å². The molecule has 0 saturated carbocycles. The third-order valence-electron chi connectivity index (χ3n) is 2.59. The number of aromatic nitrogens is 4. The van der Waals surface area contributed by atoms with E-state index in [9.17, 15) is 0 Å². The van der Waals surface area contributed by atoms with E-state index in [-0.39, 0.29) is 0 Å². The molecule has 0 N–H and O–H groups in total. The summed E-state index contributed by atoms with van der Waals surface area (Å²) in [5.41, 5.74) is 1.71. The van der Waals surface area contributed by atoms with Crippen LogP contribution in [0.5, 0.6) is 0 Å². The Morgan fingerprint density at radius 2 is 1.90 bits per heavy atom. The maximum atomic E-state index is 5.58. The molecule has 5 nitrogen and oxygen atoms in total. The lowest BCUT2D eigenvalue weighted by molar-refractivity contribution is 0.464. The summed E-state index contributed by atoms with van der Waals surface area (Å²) in [5, 5.41) is 8.49. The first-order valence-electron chi connectivity index (χ1n) is 5.89. The Balaban J connectivity index is 1.74. The number of halogens is 2. The molecule has 3 rings (SSSR count). The van der Waals surface area contributed by atoms with Gasteiger partial charge < -0.3 is 4.42 Å². The summed E-state index contributed by atoms with van der Waals surface area (Å²) < 4.78 is 7.66. The van der Waals surface area contributed by atoms with Gasteiger partial charge in [0, 0.05) is 27.1 Å². The van der Waals surface area contributed by atoms with Crippen LogP contribution in [-0.2, 0) is 5.75 Å². The van der Waals surface area contributed by atoms with Crippen molar-refractivity contribution in [3.05, 3.63) is 51.3 Å². The van der Waals surface area contributed by atoms with E-state index in [1.807, 2.05) is 18.2 Å². The van der Waals surface area contributed by atoms with Gasteiger partial charge in [0.15, 0.2) is 0 Å². The lowest BCUT2D eigenvalue weighted by atomic mass is 10.2. The predicted octanol–water partition coefficient (Wildman–Crippen LogP) is 4.34. The van der Waals surface area contributed by atoms with Crippen molar-refractivity contribution in [2.75, 3.05) is 0 Å². The molecule has 0 aliphatic carbocycles. The lowest BCUT2D eigenvalue weighted by Crippen LogP contribution is -1.85. The van der Waals surface area contributed by atoms with Gasteiger partial charge in [-0.05, 0) is 17.7 Å². The fourth-order valence-electron chi connectivity index (χ4n) is 1.59. The van der Waals surface area contributed by atoms with Gasteiger partial charge in [-0.3, -0.25) is 4.98 Å². The average molecular weight is 428 g/mol. The van der Waals surface area contributed by atoms with Gasteiger partial charge in [0.25, 0.3) is 11.1 Å². The van der Waals surface area contributed by atoms with E-state index in [0.717, 1.165) is 14.5 Å². The molecule has 106 valence electrons. The smallest absolute Gasteiger partial charge is 0.277 e. The van der Waals surface area contributed by atoms with Crippen molar-refractivity contribution in [2.45, 2.75) is 11.0 Å². The molecule has 8 heteroatoms. The Morgan fingerprint density at radius 1 is 1.10 bits per heavy atom. The molecular formula is C13H8Br2N4OS. The molecular weight excluding hydrogens is 420 g/mol. The monoisotopic (exact) mass is 426 g/mol. The SMILES string of the molecule is Brc1cccc(Br)c1CSc1nnc(-c2cnccn2)o1. The second kappa shape index (κ2) is 6.67. The zero-order valence-corrected chi connectivity index (χ0v) is 14.5. The van der Waals surface area contributed by atoms with Crippen molar-refractivity contribution in [1.29, 1.82) is 0 Å². The summed E-state index contributed by atoms with van der Waals surface area (Å²) in [6, 6.07) is 5.97. The Kier molecular flexibility index (Phi) is 4.67. The maximum Gasteiger partial charge on any atom is 0.277 e. The van der Waals surface area contributed by atoms with Gasteiger partial charge in [0.05, 0.1) is 6.20 Å². The highest BCUT2D eigenvalue weighted by molar-refractivity contribution is 9.11. The van der Waals surface area contributed by atoms with E-state index < -0.39 is 0 Å². The predicted molar refractivity (Wildman–Crippen MR) is 86.7 cm³/mol. The molecule has 0 saturated heterocycles. The minimum Gasteiger partial charge on any atom is -0.410 e. The molecule has 3 aromatic rings. The topological polar surface area (TPSA) is 64.7 Å². The molecule has 0 atom stereocenters. The third-order valence-corrected chi connectivity index (χ3v) is 4.92. The molecule has 2 aromatic heterocycles. The van der Waals surface area contributed by atoms with Crippen LogP contribution in [0.25, 0.3) is 11.6 Å². The van der Waals surface area contributed by atoms with Crippen LogP contribution in [0.1, 0.15) is 5.56 Å². The highest BCUT2D eigenvalue weighted by Gasteiger charge is 2.12. The first-order chi connectivity index (χ1) is 10.2.